The lowest BCUT2D eigenvalue weighted by molar-refractivity contribution is -0.123. The second-order valence-electron chi connectivity index (χ2n) is 10.3. The van der Waals surface area contributed by atoms with Crippen LogP contribution in [-0.4, -0.2) is 39.7 Å². The summed E-state index contributed by atoms with van der Waals surface area (Å²) in [6.45, 7) is 4.01. The van der Waals surface area contributed by atoms with Gasteiger partial charge in [0.2, 0.25) is 5.91 Å². The van der Waals surface area contributed by atoms with Crippen LogP contribution in [0.1, 0.15) is 53.6 Å². The van der Waals surface area contributed by atoms with Crippen molar-refractivity contribution >= 4 is 45.0 Å². The predicted octanol–water partition coefficient (Wildman–Crippen LogP) is 6.30. The number of aromatic nitrogens is 1. The van der Waals surface area contributed by atoms with Gasteiger partial charge >= 0.3 is 0 Å². The van der Waals surface area contributed by atoms with Crippen LogP contribution in [0.15, 0.2) is 66.7 Å². The second-order valence-corrected chi connectivity index (χ2v) is 11.4. The van der Waals surface area contributed by atoms with Gasteiger partial charge in [-0.3, -0.25) is 14.4 Å². The molecule has 1 aromatic heterocycles. The minimum atomic E-state index is -0.786. The lowest BCUT2D eigenvalue weighted by atomic mass is 10.0. The number of amides is 3. The quantitative estimate of drug-likeness (QED) is 0.288. The minimum absolute atomic E-state index is 0.00581. The molecule has 7 heteroatoms. The maximum absolute atomic E-state index is 13.7. The molecule has 2 aliphatic rings. The van der Waals surface area contributed by atoms with E-state index in [0.717, 1.165) is 52.0 Å². The van der Waals surface area contributed by atoms with Gasteiger partial charge in [0.1, 0.15) is 11.0 Å². The maximum Gasteiger partial charge on any atom is 0.257 e. The molecular formula is C31H29N3O3S. The number of aryl methyl sites for hydroxylation is 2. The third-order valence-corrected chi connectivity index (χ3v) is 8.66. The molecule has 192 valence electrons. The summed E-state index contributed by atoms with van der Waals surface area (Å²) in [5, 5.41) is 0.894. The van der Waals surface area contributed by atoms with Crippen molar-refractivity contribution < 1.29 is 14.4 Å². The van der Waals surface area contributed by atoms with Crippen molar-refractivity contribution in [3.8, 4) is 10.6 Å². The SMILES string of the molecule is Cc1cccc(C(=O)N(C2CCCC2)C2CC(=O)N(c3ccc(-c4nc5ccc(C)cc5s4)cc3)C2=O)c1. The van der Waals surface area contributed by atoms with Gasteiger partial charge in [-0.1, -0.05) is 36.6 Å². The van der Waals surface area contributed by atoms with Gasteiger partial charge in [0.25, 0.3) is 11.8 Å². The van der Waals surface area contributed by atoms with Crippen LogP contribution in [0.25, 0.3) is 20.8 Å². The van der Waals surface area contributed by atoms with Crippen molar-refractivity contribution in [2.45, 2.75) is 58.0 Å². The van der Waals surface area contributed by atoms with Crippen molar-refractivity contribution in [2.75, 3.05) is 4.90 Å². The molecule has 0 radical (unpaired) electrons. The number of rotatable bonds is 5. The van der Waals surface area contributed by atoms with E-state index in [9.17, 15) is 14.4 Å². The summed E-state index contributed by atoms with van der Waals surface area (Å²) in [6.07, 6.45) is 3.75. The first-order valence-corrected chi connectivity index (χ1v) is 13.9. The zero-order chi connectivity index (χ0) is 26.4. The summed E-state index contributed by atoms with van der Waals surface area (Å²) in [5.41, 5.74) is 5.16. The molecule has 1 saturated heterocycles. The van der Waals surface area contributed by atoms with Crippen molar-refractivity contribution in [1.82, 2.24) is 9.88 Å². The normalized spacial score (nSPS) is 18.1. The van der Waals surface area contributed by atoms with Crippen LogP contribution in [0.5, 0.6) is 0 Å². The molecule has 0 N–H and O–H groups in total. The summed E-state index contributed by atoms with van der Waals surface area (Å²) in [7, 11) is 0. The van der Waals surface area contributed by atoms with Crippen molar-refractivity contribution in [2.24, 2.45) is 0 Å². The number of hydrogen-bond donors (Lipinski definition) is 0. The number of imide groups is 1. The van der Waals surface area contributed by atoms with Crippen LogP contribution in [0.4, 0.5) is 5.69 Å². The first-order chi connectivity index (χ1) is 18.4. The van der Waals surface area contributed by atoms with Gasteiger partial charge in [0.15, 0.2) is 0 Å². The third-order valence-electron chi connectivity index (χ3n) is 7.59. The largest absolute Gasteiger partial charge is 0.323 e. The Morgan fingerprint density at radius 3 is 2.42 bits per heavy atom. The van der Waals surface area contributed by atoms with Crippen LogP contribution in [-0.2, 0) is 9.59 Å². The number of thiazole rings is 1. The van der Waals surface area contributed by atoms with Gasteiger partial charge in [-0.15, -0.1) is 11.3 Å². The van der Waals surface area contributed by atoms with E-state index in [1.807, 2.05) is 43.3 Å². The number of fused-ring (bicyclic) bond motifs is 1. The highest BCUT2D eigenvalue weighted by atomic mass is 32.1. The van der Waals surface area contributed by atoms with E-state index in [0.29, 0.717) is 11.3 Å². The zero-order valence-corrected chi connectivity index (χ0v) is 22.3. The monoisotopic (exact) mass is 523 g/mol. The highest BCUT2D eigenvalue weighted by Gasteiger charge is 2.47. The van der Waals surface area contributed by atoms with E-state index in [2.05, 4.69) is 19.1 Å². The molecule has 38 heavy (non-hydrogen) atoms. The molecule has 1 atom stereocenters. The summed E-state index contributed by atoms with van der Waals surface area (Å²) >= 11 is 1.62. The molecule has 4 aromatic rings. The van der Waals surface area contributed by atoms with Gasteiger partial charge in [0.05, 0.1) is 22.3 Å². The average Bonchev–Trinajstić information content (AvgIpc) is 3.64. The number of carbonyl (C=O) groups is 3. The molecule has 1 saturated carbocycles. The van der Waals surface area contributed by atoms with Gasteiger partial charge in [-0.05, 0) is 80.8 Å². The molecule has 0 spiro atoms. The summed E-state index contributed by atoms with van der Waals surface area (Å²) in [5.74, 6) is -0.774. The second kappa shape index (κ2) is 9.80. The smallest absolute Gasteiger partial charge is 0.257 e. The van der Waals surface area contributed by atoms with Gasteiger partial charge in [-0.25, -0.2) is 9.88 Å². The molecule has 1 unspecified atom stereocenters. The predicted molar refractivity (Wildman–Crippen MR) is 150 cm³/mol. The van der Waals surface area contributed by atoms with Crippen LogP contribution < -0.4 is 4.90 Å². The van der Waals surface area contributed by atoms with E-state index in [-0.39, 0.29) is 30.2 Å². The molecule has 3 amide bonds. The molecule has 1 aliphatic heterocycles. The molecule has 2 heterocycles. The van der Waals surface area contributed by atoms with Crippen molar-refractivity contribution in [3.05, 3.63) is 83.4 Å². The molecule has 0 bridgehead atoms. The topological polar surface area (TPSA) is 70.6 Å². The van der Waals surface area contributed by atoms with Crippen molar-refractivity contribution in [3.63, 3.8) is 0 Å². The van der Waals surface area contributed by atoms with Crippen LogP contribution in [0.3, 0.4) is 0 Å². The van der Waals surface area contributed by atoms with Crippen LogP contribution >= 0.6 is 11.3 Å². The molecule has 2 fully saturated rings. The Hall–Kier alpha value is -3.84. The highest BCUT2D eigenvalue weighted by molar-refractivity contribution is 7.21. The van der Waals surface area contributed by atoms with Crippen LogP contribution in [0.2, 0.25) is 0 Å². The Bertz CT molecular complexity index is 1550. The Labute approximate surface area is 225 Å². The Balaban J connectivity index is 1.28. The first-order valence-electron chi connectivity index (χ1n) is 13.1. The van der Waals surface area contributed by atoms with Gasteiger partial charge < -0.3 is 4.90 Å². The van der Waals surface area contributed by atoms with E-state index in [4.69, 9.17) is 4.98 Å². The summed E-state index contributed by atoms with van der Waals surface area (Å²) in [4.78, 5) is 48.3. The Morgan fingerprint density at radius 2 is 1.68 bits per heavy atom. The summed E-state index contributed by atoms with van der Waals surface area (Å²) in [6, 6.07) is 20.2. The number of nitrogens with zero attached hydrogens (tertiary/aromatic N) is 3. The van der Waals surface area contributed by atoms with E-state index >= 15 is 0 Å². The molecule has 1 aliphatic carbocycles. The van der Waals surface area contributed by atoms with Crippen molar-refractivity contribution in [1.29, 1.82) is 0 Å². The molecule has 6 nitrogen and oxygen atoms in total. The average molecular weight is 524 g/mol. The van der Waals surface area contributed by atoms with Gasteiger partial charge in [0, 0.05) is 17.2 Å². The standard InChI is InChI=1S/C31H29N3O3S/c1-19-6-5-7-22(16-19)30(36)33(23-8-3-4-9-23)26-18-28(35)34(31(26)37)24-13-11-21(12-14-24)29-32-25-15-10-20(2)17-27(25)38-29/h5-7,10-17,23,26H,3-4,8-9,18H2,1-2H3. The Morgan fingerprint density at radius 1 is 0.947 bits per heavy atom. The number of hydrogen-bond acceptors (Lipinski definition) is 5. The molecular weight excluding hydrogens is 494 g/mol. The van der Waals surface area contributed by atoms with E-state index in [1.165, 1.54) is 10.5 Å². The van der Waals surface area contributed by atoms with Crippen LogP contribution in [0, 0.1) is 13.8 Å². The van der Waals surface area contributed by atoms with E-state index < -0.39 is 6.04 Å². The number of benzene rings is 3. The molecule has 3 aromatic carbocycles. The fourth-order valence-corrected chi connectivity index (χ4v) is 6.75. The van der Waals surface area contributed by atoms with E-state index in [1.54, 1.807) is 34.4 Å². The number of carbonyl (C=O) groups excluding carboxylic acids is 3. The van der Waals surface area contributed by atoms with Gasteiger partial charge in [-0.2, -0.15) is 0 Å². The lowest BCUT2D eigenvalue weighted by Crippen LogP contribution is -2.50. The zero-order valence-electron chi connectivity index (χ0n) is 21.5. The first kappa shape index (κ1) is 24.5. The fraction of sp³-hybridized carbons (Fsp3) is 0.290. The fourth-order valence-electron chi connectivity index (χ4n) is 5.68. The molecule has 6 rings (SSSR count). The summed E-state index contributed by atoms with van der Waals surface area (Å²) < 4.78 is 1.13. The maximum atomic E-state index is 13.7. The lowest BCUT2D eigenvalue weighted by Gasteiger charge is -2.33. The highest BCUT2D eigenvalue weighted by Crippen LogP contribution is 2.35. The number of anilines is 1. The third kappa shape index (κ3) is 4.41. The Kier molecular flexibility index (Phi) is 6.32. The minimum Gasteiger partial charge on any atom is -0.323 e.